The van der Waals surface area contributed by atoms with Crippen LogP contribution in [-0.2, 0) is 9.59 Å². The quantitative estimate of drug-likeness (QED) is 0.529. The molecular formula is C26H21ClN2O4. The number of imide groups is 1. The highest BCUT2D eigenvalue weighted by Crippen LogP contribution is 2.40. The lowest BCUT2D eigenvalue weighted by atomic mass is 9.97. The zero-order valence-electron chi connectivity index (χ0n) is 18.4. The third-order valence-corrected chi connectivity index (χ3v) is 6.03. The summed E-state index contributed by atoms with van der Waals surface area (Å²) in [5.41, 5.74) is 5.20. The first-order valence-corrected chi connectivity index (χ1v) is 10.8. The van der Waals surface area contributed by atoms with E-state index in [1.54, 1.807) is 36.4 Å². The highest BCUT2D eigenvalue weighted by atomic mass is 35.5. The molecule has 0 bridgehead atoms. The van der Waals surface area contributed by atoms with Crippen molar-refractivity contribution in [2.45, 2.75) is 20.8 Å². The molecule has 166 valence electrons. The maximum Gasteiger partial charge on any atom is 0.282 e. The first-order chi connectivity index (χ1) is 15.8. The molecule has 2 heterocycles. The van der Waals surface area contributed by atoms with Gasteiger partial charge in [0.15, 0.2) is 11.5 Å². The molecule has 0 aromatic heterocycles. The molecule has 33 heavy (non-hydrogen) atoms. The molecule has 1 N–H and O–H groups in total. The fourth-order valence-electron chi connectivity index (χ4n) is 4.15. The molecule has 0 aliphatic carbocycles. The average Bonchev–Trinajstić information content (AvgIpc) is 3.32. The van der Waals surface area contributed by atoms with Crippen molar-refractivity contribution in [2.75, 3.05) is 17.0 Å². The average molecular weight is 461 g/mol. The van der Waals surface area contributed by atoms with Gasteiger partial charge in [0.2, 0.25) is 6.79 Å². The van der Waals surface area contributed by atoms with E-state index in [4.69, 9.17) is 21.1 Å². The van der Waals surface area contributed by atoms with E-state index in [-0.39, 0.29) is 12.5 Å². The highest BCUT2D eigenvalue weighted by Gasteiger charge is 2.41. The number of carbonyl (C=O) groups is 2. The van der Waals surface area contributed by atoms with Crippen molar-refractivity contribution in [2.24, 2.45) is 0 Å². The van der Waals surface area contributed by atoms with Gasteiger partial charge in [-0.2, -0.15) is 0 Å². The van der Waals surface area contributed by atoms with Gasteiger partial charge in [-0.1, -0.05) is 35.4 Å². The SMILES string of the molecule is Cc1ccc(C2=C(Nc3ccc(Cl)cc3C)C(=O)N(c3ccc4c(c3)OCO4)C2=O)c(C)c1. The molecule has 3 aromatic rings. The lowest BCUT2D eigenvalue weighted by Crippen LogP contribution is -2.32. The number of benzene rings is 3. The van der Waals surface area contributed by atoms with Crippen LogP contribution in [0.15, 0.2) is 60.3 Å². The Morgan fingerprint density at radius 1 is 0.848 bits per heavy atom. The van der Waals surface area contributed by atoms with Gasteiger partial charge in [-0.25, -0.2) is 4.90 Å². The lowest BCUT2D eigenvalue weighted by Gasteiger charge is -2.16. The van der Waals surface area contributed by atoms with Crippen molar-refractivity contribution in [1.82, 2.24) is 0 Å². The monoisotopic (exact) mass is 460 g/mol. The second-order valence-corrected chi connectivity index (χ2v) is 8.57. The number of hydrogen-bond acceptors (Lipinski definition) is 5. The van der Waals surface area contributed by atoms with Crippen molar-refractivity contribution >= 4 is 40.4 Å². The maximum absolute atomic E-state index is 13.7. The fraction of sp³-hybridized carbons (Fsp3) is 0.154. The number of hydrogen-bond donors (Lipinski definition) is 1. The zero-order chi connectivity index (χ0) is 23.3. The van der Waals surface area contributed by atoms with Crippen LogP contribution in [-0.4, -0.2) is 18.6 Å². The van der Waals surface area contributed by atoms with Crippen LogP contribution in [0.5, 0.6) is 11.5 Å². The number of fused-ring (bicyclic) bond motifs is 1. The van der Waals surface area contributed by atoms with Crippen molar-refractivity contribution in [3.05, 3.63) is 87.6 Å². The standard InChI is InChI=1S/C26H21ClN2O4/c1-14-4-7-19(15(2)10-14)23-24(28-20-8-5-17(27)11-16(20)3)26(31)29(25(23)30)18-6-9-21-22(12-18)33-13-32-21/h4-12,28H,13H2,1-3H3. The number of ether oxygens (including phenoxy) is 2. The zero-order valence-corrected chi connectivity index (χ0v) is 19.1. The number of rotatable bonds is 4. The van der Waals surface area contributed by atoms with Crippen molar-refractivity contribution in [3.8, 4) is 11.5 Å². The normalized spacial score (nSPS) is 15.0. The summed E-state index contributed by atoms with van der Waals surface area (Å²) < 4.78 is 10.8. The molecule has 5 rings (SSSR count). The topological polar surface area (TPSA) is 67.9 Å². The van der Waals surface area contributed by atoms with Crippen LogP contribution < -0.4 is 19.7 Å². The van der Waals surface area contributed by atoms with Gasteiger partial charge in [0.1, 0.15) is 5.70 Å². The molecule has 2 amide bonds. The van der Waals surface area contributed by atoms with Crippen LogP contribution in [0, 0.1) is 20.8 Å². The fourth-order valence-corrected chi connectivity index (χ4v) is 4.38. The van der Waals surface area contributed by atoms with E-state index in [0.717, 1.165) is 16.7 Å². The van der Waals surface area contributed by atoms with Gasteiger partial charge in [-0.3, -0.25) is 9.59 Å². The molecule has 0 spiro atoms. The number of anilines is 2. The Morgan fingerprint density at radius 2 is 1.64 bits per heavy atom. The van der Waals surface area contributed by atoms with Crippen molar-refractivity contribution < 1.29 is 19.1 Å². The Balaban J connectivity index is 1.64. The van der Waals surface area contributed by atoms with E-state index in [0.29, 0.717) is 39.0 Å². The van der Waals surface area contributed by atoms with Gasteiger partial charge >= 0.3 is 0 Å². The van der Waals surface area contributed by atoms with Gasteiger partial charge in [-0.15, -0.1) is 0 Å². The van der Waals surface area contributed by atoms with Crippen LogP contribution in [0.4, 0.5) is 11.4 Å². The molecule has 0 atom stereocenters. The van der Waals surface area contributed by atoms with Gasteiger partial charge in [0.25, 0.3) is 11.8 Å². The minimum absolute atomic E-state index is 0.107. The molecule has 0 saturated heterocycles. The largest absolute Gasteiger partial charge is 0.454 e. The molecule has 7 heteroatoms. The summed E-state index contributed by atoms with van der Waals surface area (Å²) in [6, 6.07) is 16.2. The Kier molecular flexibility index (Phi) is 5.10. The Labute approximate surface area is 196 Å². The third kappa shape index (κ3) is 3.62. The van der Waals surface area contributed by atoms with E-state index < -0.39 is 11.8 Å². The molecule has 2 aliphatic rings. The van der Waals surface area contributed by atoms with E-state index in [2.05, 4.69) is 5.32 Å². The predicted molar refractivity (Wildman–Crippen MR) is 128 cm³/mol. The number of nitrogens with one attached hydrogen (secondary N) is 1. The molecule has 3 aromatic carbocycles. The minimum atomic E-state index is -0.441. The summed E-state index contributed by atoms with van der Waals surface area (Å²) in [5, 5.41) is 3.81. The number of halogens is 1. The maximum atomic E-state index is 13.7. The minimum Gasteiger partial charge on any atom is -0.454 e. The summed E-state index contributed by atoms with van der Waals surface area (Å²) in [5.74, 6) is 0.231. The van der Waals surface area contributed by atoms with Crippen LogP contribution in [0.25, 0.3) is 5.57 Å². The molecule has 2 aliphatic heterocycles. The molecule has 0 unspecified atom stereocenters. The Hall–Kier alpha value is -3.77. The van der Waals surface area contributed by atoms with Crippen molar-refractivity contribution in [1.29, 1.82) is 0 Å². The third-order valence-electron chi connectivity index (χ3n) is 5.80. The Morgan fingerprint density at radius 3 is 2.39 bits per heavy atom. The van der Waals surface area contributed by atoms with Gasteiger partial charge in [0.05, 0.1) is 11.3 Å². The van der Waals surface area contributed by atoms with Crippen LogP contribution in [0.2, 0.25) is 5.02 Å². The van der Waals surface area contributed by atoms with E-state index in [1.807, 2.05) is 39.0 Å². The van der Waals surface area contributed by atoms with Gasteiger partial charge < -0.3 is 14.8 Å². The summed E-state index contributed by atoms with van der Waals surface area (Å²) >= 11 is 6.10. The van der Waals surface area contributed by atoms with Crippen LogP contribution in [0.3, 0.4) is 0 Å². The smallest absolute Gasteiger partial charge is 0.282 e. The Bertz CT molecular complexity index is 1360. The first-order valence-electron chi connectivity index (χ1n) is 10.5. The van der Waals surface area contributed by atoms with E-state index in [1.165, 1.54) is 4.90 Å². The predicted octanol–water partition coefficient (Wildman–Crippen LogP) is 5.39. The summed E-state index contributed by atoms with van der Waals surface area (Å²) in [6.45, 7) is 5.92. The van der Waals surface area contributed by atoms with E-state index >= 15 is 0 Å². The van der Waals surface area contributed by atoms with Crippen molar-refractivity contribution in [3.63, 3.8) is 0 Å². The number of amides is 2. The molecule has 0 fully saturated rings. The highest BCUT2D eigenvalue weighted by molar-refractivity contribution is 6.46. The first kappa shape index (κ1) is 21.1. The summed E-state index contributed by atoms with van der Waals surface area (Å²) in [6.07, 6.45) is 0. The number of carbonyl (C=O) groups excluding carboxylic acids is 2. The summed E-state index contributed by atoms with van der Waals surface area (Å²) in [4.78, 5) is 28.5. The number of nitrogens with zero attached hydrogens (tertiary/aromatic N) is 1. The van der Waals surface area contributed by atoms with Gasteiger partial charge in [0, 0.05) is 16.8 Å². The number of aryl methyl sites for hydroxylation is 3. The molecule has 6 nitrogen and oxygen atoms in total. The van der Waals surface area contributed by atoms with Crippen LogP contribution in [0.1, 0.15) is 22.3 Å². The van der Waals surface area contributed by atoms with Crippen LogP contribution >= 0.6 is 11.6 Å². The molecule has 0 saturated carbocycles. The molecular weight excluding hydrogens is 440 g/mol. The molecule has 0 radical (unpaired) electrons. The second-order valence-electron chi connectivity index (χ2n) is 8.14. The lowest BCUT2D eigenvalue weighted by molar-refractivity contribution is -0.120. The second kappa shape index (κ2) is 7.98. The van der Waals surface area contributed by atoms with Gasteiger partial charge in [-0.05, 0) is 67.8 Å². The van der Waals surface area contributed by atoms with E-state index in [9.17, 15) is 9.59 Å². The summed E-state index contributed by atoms with van der Waals surface area (Å²) in [7, 11) is 0.